The second-order valence-corrected chi connectivity index (χ2v) is 6.30. The summed E-state index contributed by atoms with van der Waals surface area (Å²) in [5.41, 5.74) is 1.23. The molecule has 23 heavy (non-hydrogen) atoms. The quantitative estimate of drug-likeness (QED) is 0.647. The summed E-state index contributed by atoms with van der Waals surface area (Å²) in [6, 6.07) is 10.1. The lowest BCUT2D eigenvalue weighted by atomic mass is 9.96. The normalized spacial score (nSPS) is 12.3. The van der Waals surface area contributed by atoms with E-state index in [4.69, 9.17) is 9.47 Å². The van der Waals surface area contributed by atoms with E-state index in [9.17, 15) is 9.59 Å². The van der Waals surface area contributed by atoms with Gasteiger partial charge in [0.2, 0.25) is 0 Å². The van der Waals surface area contributed by atoms with Gasteiger partial charge in [-0.2, -0.15) is 0 Å². The van der Waals surface area contributed by atoms with Crippen LogP contribution in [-0.2, 0) is 25.5 Å². The first kappa shape index (κ1) is 19.2. The van der Waals surface area contributed by atoms with Crippen LogP contribution in [0.5, 0.6) is 0 Å². The van der Waals surface area contributed by atoms with E-state index in [0.29, 0.717) is 6.42 Å². The molecule has 1 rings (SSSR count). The Balaban J connectivity index is 2.55. The summed E-state index contributed by atoms with van der Waals surface area (Å²) < 4.78 is 10.4. The molecular weight excluding hydrogens is 292 g/mol. The van der Waals surface area contributed by atoms with Crippen LogP contribution >= 0.6 is 0 Å². The lowest BCUT2D eigenvalue weighted by Crippen LogP contribution is -2.25. The van der Waals surface area contributed by atoms with Crippen LogP contribution in [0.2, 0.25) is 0 Å². The van der Waals surface area contributed by atoms with Crippen LogP contribution in [0.3, 0.4) is 0 Å². The maximum Gasteiger partial charge on any atom is 0.309 e. The first-order valence-corrected chi connectivity index (χ1v) is 8.32. The lowest BCUT2D eigenvalue weighted by molar-refractivity contribution is -0.159. The number of hydrogen-bond donors (Lipinski definition) is 0. The maximum absolute atomic E-state index is 12.2. The Labute approximate surface area is 139 Å². The van der Waals surface area contributed by atoms with Gasteiger partial charge in [-0.1, -0.05) is 30.3 Å². The van der Waals surface area contributed by atoms with Gasteiger partial charge in [-0.15, -0.1) is 0 Å². The molecule has 128 valence electrons. The van der Waals surface area contributed by atoms with Crippen molar-refractivity contribution in [2.75, 3.05) is 0 Å². The molecule has 1 aromatic rings. The minimum atomic E-state index is -0.438. The highest BCUT2D eigenvalue weighted by Crippen LogP contribution is 2.18. The number of esters is 2. The van der Waals surface area contributed by atoms with E-state index >= 15 is 0 Å². The largest absolute Gasteiger partial charge is 0.463 e. The predicted molar refractivity (Wildman–Crippen MR) is 89.9 cm³/mol. The Bertz CT molecular complexity index is 479. The van der Waals surface area contributed by atoms with Crippen LogP contribution < -0.4 is 0 Å². The van der Waals surface area contributed by atoms with Crippen LogP contribution in [-0.4, -0.2) is 24.1 Å². The summed E-state index contributed by atoms with van der Waals surface area (Å²) in [6.45, 7) is 7.22. The molecule has 0 amide bonds. The summed E-state index contributed by atoms with van der Waals surface area (Å²) in [7, 11) is 0. The molecule has 0 saturated carbocycles. The Kier molecular flexibility index (Phi) is 8.38. The van der Waals surface area contributed by atoms with Crippen molar-refractivity contribution in [1.29, 1.82) is 0 Å². The van der Waals surface area contributed by atoms with E-state index < -0.39 is 5.92 Å². The predicted octanol–water partition coefficient (Wildman–Crippen LogP) is 3.92. The fourth-order valence-electron chi connectivity index (χ4n) is 2.34. The SMILES string of the molecule is CC(C)OC(=O)C[C@@H](CCCc1ccccc1)C(=O)OC(C)C. The molecule has 0 radical (unpaired) electrons. The monoisotopic (exact) mass is 320 g/mol. The van der Waals surface area contributed by atoms with Crippen molar-refractivity contribution >= 4 is 11.9 Å². The lowest BCUT2D eigenvalue weighted by Gasteiger charge is -2.18. The van der Waals surface area contributed by atoms with Gasteiger partial charge in [0.25, 0.3) is 0 Å². The van der Waals surface area contributed by atoms with Gasteiger partial charge < -0.3 is 9.47 Å². The zero-order chi connectivity index (χ0) is 17.2. The molecule has 0 unspecified atom stereocenters. The van der Waals surface area contributed by atoms with Gasteiger partial charge in [-0.3, -0.25) is 9.59 Å². The number of carbonyl (C=O) groups is 2. The van der Waals surface area contributed by atoms with Crippen molar-refractivity contribution in [1.82, 2.24) is 0 Å². The number of carbonyl (C=O) groups excluding carboxylic acids is 2. The molecule has 0 heterocycles. The minimum Gasteiger partial charge on any atom is -0.463 e. The molecule has 0 spiro atoms. The minimum absolute atomic E-state index is 0.0819. The summed E-state index contributed by atoms with van der Waals surface area (Å²) in [5.74, 6) is -1.09. The summed E-state index contributed by atoms with van der Waals surface area (Å²) in [5, 5.41) is 0. The van der Waals surface area contributed by atoms with Gasteiger partial charge in [-0.25, -0.2) is 0 Å². The Hall–Kier alpha value is -1.84. The first-order valence-electron chi connectivity index (χ1n) is 8.32. The van der Waals surface area contributed by atoms with Gasteiger partial charge in [0.15, 0.2) is 0 Å². The summed E-state index contributed by atoms with van der Waals surface area (Å²) >= 11 is 0. The second kappa shape index (κ2) is 10.0. The van der Waals surface area contributed by atoms with Crippen molar-refractivity contribution in [3.63, 3.8) is 0 Å². The molecule has 1 aromatic carbocycles. The van der Waals surface area contributed by atoms with Crippen molar-refractivity contribution < 1.29 is 19.1 Å². The fraction of sp³-hybridized carbons (Fsp3) is 0.579. The van der Waals surface area contributed by atoms with Gasteiger partial charge in [0.05, 0.1) is 24.5 Å². The third-order valence-corrected chi connectivity index (χ3v) is 3.33. The van der Waals surface area contributed by atoms with Crippen molar-refractivity contribution in [3.05, 3.63) is 35.9 Å². The van der Waals surface area contributed by atoms with Crippen molar-refractivity contribution in [2.45, 2.75) is 65.6 Å². The fourth-order valence-corrected chi connectivity index (χ4v) is 2.34. The van der Waals surface area contributed by atoms with Crippen LogP contribution in [0.1, 0.15) is 52.5 Å². The average molecular weight is 320 g/mol. The van der Waals surface area contributed by atoms with Crippen molar-refractivity contribution in [3.8, 4) is 0 Å². The molecule has 4 nitrogen and oxygen atoms in total. The standard InChI is InChI=1S/C19H28O4/c1-14(2)22-18(20)13-17(19(21)23-15(3)4)12-8-11-16-9-6-5-7-10-16/h5-7,9-10,14-15,17H,8,11-13H2,1-4H3/t17-/m1/s1. The highest BCUT2D eigenvalue weighted by molar-refractivity contribution is 5.80. The molecule has 0 aliphatic carbocycles. The van der Waals surface area contributed by atoms with Crippen LogP contribution in [0.4, 0.5) is 0 Å². The highest BCUT2D eigenvalue weighted by Gasteiger charge is 2.25. The molecule has 0 fully saturated rings. The zero-order valence-corrected chi connectivity index (χ0v) is 14.6. The second-order valence-electron chi connectivity index (χ2n) is 6.30. The Morgan fingerprint density at radius 3 is 2.13 bits per heavy atom. The molecule has 4 heteroatoms. The van der Waals surface area contributed by atoms with E-state index in [1.807, 2.05) is 32.0 Å². The number of benzene rings is 1. The van der Waals surface area contributed by atoms with Gasteiger partial charge in [0.1, 0.15) is 0 Å². The molecule has 1 atom stereocenters. The summed E-state index contributed by atoms with van der Waals surface area (Å²) in [6.07, 6.45) is 2.06. The number of hydrogen-bond acceptors (Lipinski definition) is 4. The smallest absolute Gasteiger partial charge is 0.309 e. The molecule has 0 saturated heterocycles. The molecule has 0 aliphatic heterocycles. The van der Waals surface area contributed by atoms with Crippen LogP contribution in [0.15, 0.2) is 30.3 Å². The topological polar surface area (TPSA) is 52.6 Å². The van der Waals surface area contributed by atoms with E-state index in [-0.39, 0.29) is 30.6 Å². The van der Waals surface area contributed by atoms with E-state index in [0.717, 1.165) is 12.8 Å². The number of ether oxygens (including phenoxy) is 2. The van der Waals surface area contributed by atoms with E-state index in [2.05, 4.69) is 12.1 Å². The van der Waals surface area contributed by atoms with Crippen molar-refractivity contribution in [2.24, 2.45) is 5.92 Å². The van der Waals surface area contributed by atoms with Crippen LogP contribution in [0, 0.1) is 5.92 Å². The average Bonchev–Trinajstić information content (AvgIpc) is 2.45. The van der Waals surface area contributed by atoms with Gasteiger partial charge in [-0.05, 0) is 52.5 Å². The zero-order valence-electron chi connectivity index (χ0n) is 14.6. The maximum atomic E-state index is 12.2. The molecular formula is C19H28O4. The Morgan fingerprint density at radius 1 is 0.957 bits per heavy atom. The first-order chi connectivity index (χ1) is 10.9. The summed E-state index contributed by atoms with van der Waals surface area (Å²) in [4.78, 5) is 24.0. The Morgan fingerprint density at radius 2 is 1.57 bits per heavy atom. The van der Waals surface area contributed by atoms with E-state index in [1.165, 1.54) is 5.56 Å². The van der Waals surface area contributed by atoms with E-state index in [1.54, 1.807) is 13.8 Å². The highest BCUT2D eigenvalue weighted by atomic mass is 16.5. The molecule has 0 aliphatic rings. The van der Waals surface area contributed by atoms with Crippen LogP contribution in [0.25, 0.3) is 0 Å². The third-order valence-electron chi connectivity index (χ3n) is 3.33. The van der Waals surface area contributed by atoms with Gasteiger partial charge >= 0.3 is 11.9 Å². The van der Waals surface area contributed by atoms with Gasteiger partial charge in [0, 0.05) is 0 Å². The molecule has 0 bridgehead atoms. The number of aryl methyl sites for hydroxylation is 1. The number of rotatable bonds is 9. The molecule has 0 N–H and O–H groups in total. The molecule has 0 aromatic heterocycles. The third kappa shape index (κ3) is 8.38.